The molecular formula is C28H35ClN4O5. The Kier molecular flexibility index (Phi) is 10.3. The number of hydrogen-bond donors (Lipinski definition) is 5. The van der Waals surface area contributed by atoms with Crippen LogP contribution >= 0.6 is 11.6 Å². The molecule has 0 bridgehead atoms. The van der Waals surface area contributed by atoms with Gasteiger partial charge in [-0.25, -0.2) is 4.79 Å². The van der Waals surface area contributed by atoms with Crippen LogP contribution in [0.5, 0.6) is 0 Å². The molecular weight excluding hydrogens is 508 g/mol. The molecule has 0 saturated heterocycles. The van der Waals surface area contributed by atoms with E-state index in [0.29, 0.717) is 48.5 Å². The predicted molar refractivity (Wildman–Crippen MR) is 146 cm³/mol. The second-order valence-electron chi connectivity index (χ2n) is 9.91. The van der Waals surface area contributed by atoms with Gasteiger partial charge in [0.15, 0.2) is 0 Å². The first-order valence-corrected chi connectivity index (χ1v) is 13.1. The number of aliphatic carboxylic acids is 1. The Morgan fingerprint density at radius 3 is 2.13 bits per heavy atom. The number of anilines is 1. The third-order valence-corrected chi connectivity index (χ3v) is 7.24. The number of halogens is 1. The summed E-state index contributed by atoms with van der Waals surface area (Å²) in [6.45, 7) is 1.80. The summed E-state index contributed by atoms with van der Waals surface area (Å²) in [6, 6.07) is 12.0. The fraction of sp³-hybridized carbons (Fsp3) is 0.429. The van der Waals surface area contributed by atoms with Crippen LogP contribution in [0.15, 0.2) is 48.5 Å². The minimum Gasteiger partial charge on any atom is -0.480 e. The molecule has 0 aliphatic heterocycles. The molecule has 3 rings (SSSR count). The highest BCUT2D eigenvalue weighted by Crippen LogP contribution is 2.41. The molecule has 6 N–H and O–H groups in total. The van der Waals surface area contributed by atoms with Gasteiger partial charge in [-0.3, -0.25) is 14.4 Å². The van der Waals surface area contributed by atoms with E-state index >= 15 is 0 Å². The first-order valence-electron chi connectivity index (χ1n) is 12.8. The molecule has 1 saturated carbocycles. The third kappa shape index (κ3) is 8.29. The van der Waals surface area contributed by atoms with Crippen LogP contribution in [0.2, 0.25) is 5.02 Å². The van der Waals surface area contributed by atoms with E-state index in [1.165, 1.54) is 6.92 Å². The van der Waals surface area contributed by atoms with Crippen molar-refractivity contribution in [3.63, 3.8) is 0 Å². The van der Waals surface area contributed by atoms with Crippen molar-refractivity contribution in [2.75, 3.05) is 11.9 Å². The molecule has 0 aromatic heterocycles. The van der Waals surface area contributed by atoms with Crippen LogP contribution in [0.25, 0.3) is 0 Å². The van der Waals surface area contributed by atoms with Gasteiger partial charge in [0.25, 0.3) is 0 Å². The van der Waals surface area contributed by atoms with Crippen LogP contribution in [0, 0.1) is 5.41 Å². The Labute approximate surface area is 227 Å². The molecule has 2 aromatic carbocycles. The number of benzene rings is 2. The number of carboxylic acid groups (broad SMARTS) is 1. The summed E-state index contributed by atoms with van der Waals surface area (Å²) >= 11 is 5.89. The quantitative estimate of drug-likeness (QED) is 0.278. The highest BCUT2D eigenvalue weighted by atomic mass is 35.5. The number of nitrogens with two attached hydrogens (primary N) is 1. The lowest BCUT2D eigenvalue weighted by molar-refractivity contribution is -0.144. The average molecular weight is 543 g/mol. The summed E-state index contributed by atoms with van der Waals surface area (Å²) in [5.74, 6) is -1.92. The summed E-state index contributed by atoms with van der Waals surface area (Å²) in [5.41, 5.74) is 7.49. The van der Waals surface area contributed by atoms with Gasteiger partial charge in [-0.1, -0.05) is 48.7 Å². The monoisotopic (exact) mass is 542 g/mol. The molecule has 0 heterocycles. The summed E-state index contributed by atoms with van der Waals surface area (Å²) in [5, 5.41) is 18.6. The molecule has 9 nitrogen and oxygen atoms in total. The standard InChI is InChI=1S/C28H35ClN4O5/c1-18(34)31-15-14-28(12-2-3-13-28)27(38)33-24(26(36)37)17-20-6-10-22(11-7-20)32-25(35)23(30)16-19-4-8-21(29)9-5-19/h4-11,23-24H,2-3,12-17,30H2,1H3,(H,31,34)(H,32,35)(H,33,38)(H,36,37)/t23-,24+/m1/s1. The van der Waals surface area contributed by atoms with Crippen molar-refractivity contribution >= 4 is 41.0 Å². The maximum absolute atomic E-state index is 13.2. The van der Waals surface area contributed by atoms with Crippen LogP contribution in [-0.4, -0.2) is 47.4 Å². The molecule has 10 heteroatoms. The maximum Gasteiger partial charge on any atom is 0.326 e. The van der Waals surface area contributed by atoms with Gasteiger partial charge >= 0.3 is 5.97 Å². The average Bonchev–Trinajstić information content (AvgIpc) is 3.36. The topological polar surface area (TPSA) is 151 Å². The van der Waals surface area contributed by atoms with Crippen molar-refractivity contribution in [2.24, 2.45) is 11.1 Å². The highest BCUT2D eigenvalue weighted by Gasteiger charge is 2.42. The van der Waals surface area contributed by atoms with E-state index in [9.17, 15) is 24.3 Å². The van der Waals surface area contributed by atoms with Crippen molar-refractivity contribution < 1.29 is 24.3 Å². The molecule has 38 heavy (non-hydrogen) atoms. The minimum atomic E-state index is -1.13. The normalized spacial score (nSPS) is 15.8. The summed E-state index contributed by atoms with van der Waals surface area (Å²) < 4.78 is 0. The number of rotatable bonds is 12. The van der Waals surface area contributed by atoms with Crippen LogP contribution < -0.4 is 21.7 Å². The SMILES string of the molecule is CC(=O)NCCC1(C(=O)N[C@@H](Cc2ccc(NC(=O)[C@H](N)Cc3ccc(Cl)cc3)cc2)C(=O)O)CCCC1. The van der Waals surface area contributed by atoms with E-state index in [2.05, 4.69) is 16.0 Å². The smallest absolute Gasteiger partial charge is 0.326 e. The van der Waals surface area contributed by atoms with E-state index < -0.39 is 23.5 Å². The van der Waals surface area contributed by atoms with Crippen molar-refractivity contribution in [2.45, 2.75) is 64.0 Å². The predicted octanol–water partition coefficient (Wildman–Crippen LogP) is 3.05. The molecule has 0 unspecified atom stereocenters. The number of carbonyl (C=O) groups is 4. The van der Waals surface area contributed by atoms with Gasteiger partial charge in [0, 0.05) is 30.6 Å². The van der Waals surface area contributed by atoms with Gasteiger partial charge in [-0.2, -0.15) is 0 Å². The number of carbonyl (C=O) groups excluding carboxylic acids is 3. The van der Waals surface area contributed by atoms with E-state index in [4.69, 9.17) is 17.3 Å². The van der Waals surface area contributed by atoms with E-state index in [1.54, 1.807) is 36.4 Å². The summed E-state index contributed by atoms with van der Waals surface area (Å²) in [7, 11) is 0. The van der Waals surface area contributed by atoms with E-state index in [1.807, 2.05) is 12.1 Å². The first-order chi connectivity index (χ1) is 18.1. The molecule has 2 atom stereocenters. The van der Waals surface area contributed by atoms with E-state index in [-0.39, 0.29) is 24.1 Å². The van der Waals surface area contributed by atoms with Crippen molar-refractivity contribution in [1.82, 2.24) is 10.6 Å². The van der Waals surface area contributed by atoms with Gasteiger partial charge < -0.3 is 26.8 Å². The maximum atomic E-state index is 13.2. The minimum absolute atomic E-state index is 0.0904. The third-order valence-electron chi connectivity index (χ3n) is 6.99. The second kappa shape index (κ2) is 13.4. The van der Waals surface area contributed by atoms with Gasteiger partial charge in [0.1, 0.15) is 6.04 Å². The molecule has 1 fully saturated rings. The van der Waals surface area contributed by atoms with Crippen molar-refractivity contribution in [3.8, 4) is 0 Å². The van der Waals surface area contributed by atoms with E-state index in [0.717, 1.165) is 18.4 Å². The lowest BCUT2D eigenvalue weighted by Gasteiger charge is -2.29. The summed E-state index contributed by atoms with van der Waals surface area (Å²) in [6.07, 6.45) is 4.03. The van der Waals surface area contributed by atoms with Crippen LogP contribution in [-0.2, 0) is 32.0 Å². The Morgan fingerprint density at radius 2 is 1.55 bits per heavy atom. The molecule has 0 radical (unpaired) electrons. The van der Waals surface area contributed by atoms with Crippen molar-refractivity contribution in [1.29, 1.82) is 0 Å². The zero-order chi connectivity index (χ0) is 27.7. The van der Waals surface area contributed by atoms with Crippen LogP contribution in [0.1, 0.15) is 50.2 Å². The van der Waals surface area contributed by atoms with Gasteiger partial charge in [-0.05, 0) is 61.1 Å². The molecule has 1 aliphatic rings. The largest absolute Gasteiger partial charge is 0.480 e. The summed E-state index contributed by atoms with van der Waals surface area (Å²) in [4.78, 5) is 48.9. The molecule has 0 spiro atoms. The fourth-order valence-electron chi connectivity index (χ4n) is 4.79. The number of nitrogens with one attached hydrogen (secondary N) is 3. The lowest BCUT2D eigenvalue weighted by Crippen LogP contribution is -2.49. The Hall–Kier alpha value is -3.43. The Morgan fingerprint density at radius 1 is 0.974 bits per heavy atom. The molecule has 3 amide bonds. The van der Waals surface area contributed by atoms with Crippen LogP contribution in [0.3, 0.4) is 0 Å². The second-order valence-corrected chi connectivity index (χ2v) is 10.3. The fourth-order valence-corrected chi connectivity index (χ4v) is 4.92. The first kappa shape index (κ1) is 29.1. The van der Waals surface area contributed by atoms with Crippen molar-refractivity contribution in [3.05, 3.63) is 64.7 Å². The Bertz CT molecular complexity index is 1130. The molecule has 2 aromatic rings. The van der Waals surface area contributed by atoms with Crippen LogP contribution in [0.4, 0.5) is 5.69 Å². The van der Waals surface area contributed by atoms with Gasteiger partial charge in [0.2, 0.25) is 17.7 Å². The lowest BCUT2D eigenvalue weighted by atomic mass is 9.81. The molecule has 204 valence electrons. The number of carboxylic acids is 1. The molecule has 1 aliphatic carbocycles. The Balaban J connectivity index is 1.57. The zero-order valence-electron chi connectivity index (χ0n) is 21.5. The van der Waals surface area contributed by atoms with Gasteiger partial charge in [-0.15, -0.1) is 0 Å². The number of hydrogen-bond acceptors (Lipinski definition) is 5. The highest BCUT2D eigenvalue weighted by molar-refractivity contribution is 6.30. The number of amides is 3. The zero-order valence-corrected chi connectivity index (χ0v) is 22.2. The van der Waals surface area contributed by atoms with Gasteiger partial charge in [0.05, 0.1) is 11.5 Å².